The second-order valence-corrected chi connectivity index (χ2v) is 5.73. The summed E-state index contributed by atoms with van der Waals surface area (Å²) in [7, 11) is 0. The van der Waals surface area contributed by atoms with Crippen molar-refractivity contribution in [2.45, 2.75) is 43.9 Å². The van der Waals surface area contributed by atoms with Crippen LogP contribution >= 0.6 is 0 Å². The monoisotopic (exact) mass is 267 g/mol. The Morgan fingerprint density at radius 3 is 3.05 bits per heavy atom. The zero-order valence-electron chi connectivity index (χ0n) is 11.0. The zero-order chi connectivity index (χ0) is 13.4. The molecule has 4 unspecified atom stereocenters. The second kappa shape index (κ2) is 5.09. The van der Waals surface area contributed by atoms with E-state index < -0.39 is 0 Å². The SMILES string of the molecule is NC1C2CCCOC2C1NC(=O)CN1CCCC1=O. The van der Waals surface area contributed by atoms with E-state index in [9.17, 15) is 9.59 Å². The molecular weight excluding hydrogens is 246 g/mol. The lowest BCUT2D eigenvalue weighted by molar-refractivity contribution is -0.142. The predicted octanol–water partition coefficient (Wildman–Crippen LogP) is -0.770. The zero-order valence-corrected chi connectivity index (χ0v) is 11.0. The van der Waals surface area contributed by atoms with Crippen molar-refractivity contribution in [1.29, 1.82) is 0 Å². The molecule has 3 rings (SSSR count). The predicted molar refractivity (Wildman–Crippen MR) is 68.2 cm³/mol. The van der Waals surface area contributed by atoms with Crippen molar-refractivity contribution >= 4 is 11.8 Å². The molecule has 0 aromatic heterocycles. The lowest BCUT2D eigenvalue weighted by atomic mass is 9.68. The highest BCUT2D eigenvalue weighted by Crippen LogP contribution is 2.36. The fourth-order valence-electron chi connectivity index (χ4n) is 3.40. The summed E-state index contributed by atoms with van der Waals surface area (Å²) < 4.78 is 5.68. The summed E-state index contributed by atoms with van der Waals surface area (Å²) in [6, 6.07) is -0.0981. The van der Waals surface area contributed by atoms with E-state index >= 15 is 0 Å². The lowest BCUT2D eigenvalue weighted by Crippen LogP contribution is -2.72. The smallest absolute Gasteiger partial charge is 0.239 e. The normalized spacial score (nSPS) is 37.7. The van der Waals surface area contributed by atoms with Gasteiger partial charge in [-0.2, -0.15) is 0 Å². The van der Waals surface area contributed by atoms with Gasteiger partial charge >= 0.3 is 0 Å². The molecule has 106 valence electrons. The van der Waals surface area contributed by atoms with Crippen molar-refractivity contribution in [3.63, 3.8) is 0 Å². The van der Waals surface area contributed by atoms with Crippen LogP contribution in [0.3, 0.4) is 0 Å². The number of fused-ring (bicyclic) bond motifs is 1. The average Bonchev–Trinajstić information content (AvgIpc) is 2.81. The minimum absolute atomic E-state index is 0.0106. The molecule has 0 radical (unpaired) electrons. The molecule has 1 aliphatic carbocycles. The van der Waals surface area contributed by atoms with Crippen molar-refractivity contribution in [2.24, 2.45) is 11.7 Å². The largest absolute Gasteiger partial charge is 0.376 e. The minimum atomic E-state index is -0.122. The van der Waals surface area contributed by atoms with Crippen LogP contribution in [-0.2, 0) is 14.3 Å². The van der Waals surface area contributed by atoms with E-state index in [0.717, 1.165) is 25.9 Å². The number of carbonyl (C=O) groups excluding carboxylic acids is 2. The van der Waals surface area contributed by atoms with Crippen molar-refractivity contribution in [3.05, 3.63) is 0 Å². The first-order chi connectivity index (χ1) is 9.16. The Balaban J connectivity index is 1.51. The summed E-state index contributed by atoms with van der Waals surface area (Å²) in [6.45, 7) is 1.59. The third kappa shape index (κ3) is 2.34. The van der Waals surface area contributed by atoms with Gasteiger partial charge in [0.25, 0.3) is 0 Å². The summed E-state index contributed by atoms with van der Waals surface area (Å²) in [5.41, 5.74) is 6.09. The third-order valence-corrected chi connectivity index (χ3v) is 4.51. The Labute approximate surface area is 112 Å². The van der Waals surface area contributed by atoms with E-state index in [0.29, 0.717) is 18.9 Å². The van der Waals surface area contributed by atoms with E-state index in [2.05, 4.69) is 5.32 Å². The molecular formula is C13H21N3O3. The van der Waals surface area contributed by atoms with E-state index in [1.165, 1.54) is 0 Å². The molecule has 2 saturated heterocycles. The number of carbonyl (C=O) groups is 2. The topological polar surface area (TPSA) is 84.7 Å². The van der Waals surface area contributed by atoms with E-state index in [1.807, 2.05) is 0 Å². The quantitative estimate of drug-likeness (QED) is 0.703. The molecule has 0 spiro atoms. The summed E-state index contributed by atoms with van der Waals surface area (Å²) in [5.74, 6) is 0.329. The first-order valence-electron chi connectivity index (χ1n) is 7.11. The first kappa shape index (κ1) is 12.9. The highest BCUT2D eigenvalue weighted by molar-refractivity contribution is 5.86. The molecule has 6 heteroatoms. The van der Waals surface area contributed by atoms with Crippen LogP contribution in [0.25, 0.3) is 0 Å². The number of amides is 2. The number of hydrogen-bond donors (Lipinski definition) is 2. The van der Waals surface area contributed by atoms with Crippen molar-refractivity contribution in [1.82, 2.24) is 10.2 Å². The van der Waals surface area contributed by atoms with Gasteiger partial charge in [-0.1, -0.05) is 0 Å². The molecule has 19 heavy (non-hydrogen) atoms. The second-order valence-electron chi connectivity index (χ2n) is 5.73. The minimum Gasteiger partial charge on any atom is -0.376 e. The number of nitrogens with two attached hydrogens (primary N) is 1. The van der Waals surface area contributed by atoms with Gasteiger partial charge in [-0.25, -0.2) is 0 Å². The summed E-state index contributed by atoms with van der Waals surface area (Å²) >= 11 is 0. The van der Waals surface area contributed by atoms with E-state index in [-0.39, 0.29) is 36.5 Å². The molecule has 0 aromatic rings. The molecule has 6 nitrogen and oxygen atoms in total. The van der Waals surface area contributed by atoms with Crippen LogP contribution < -0.4 is 11.1 Å². The van der Waals surface area contributed by atoms with Crippen molar-refractivity contribution < 1.29 is 14.3 Å². The Kier molecular flexibility index (Phi) is 3.45. The Bertz CT molecular complexity index is 387. The number of likely N-dealkylation sites (tertiary alicyclic amines) is 1. The molecule has 0 bridgehead atoms. The molecule has 2 heterocycles. The van der Waals surface area contributed by atoms with Crippen LogP contribution in [-0.4, -0.2) is 54.6 Å². The number of nitrogens with zero attached hydrogens (tertiary/aromatic N) is 1. The maximum atomic E-state index is 12.0. The Morgan fingerprint density at radius 2 is 2.32 bits per heavy atom. The molecule has 0 aromatic carbocycles. The molecule has 2 aliphatic heterocycles. The number of rotatable bonds is 3. The molecule has 4 atom stereocenters. The van der Waals surface area contributed by atoms with Gasteiger partial charge in [-0.05, 0) is 19.3 Å². The van der Waals surface area contributed by atoms with Gasteiger partial charge in [0.15, 0.2) is 0 Å². The summed E-state index contributed by atoms with van der Waals surface area (Å²) in [4.78, 5) is 25.0. The van der Waals surface area contributed by atoms with Gasteiger partial charge < -0.3 is 20.7 Å². The van der Waals surface area contributed by atoms with Crippen molar-refractivity contribution in [3.8, 4) is 0 Å². The fourth-order valence-corrected chi connectivity index (χ4v) is 3.40. The van der Waals surface area contributed by atoms with Crippen LogP contribution in [0.5, 0.6) is 0 Å². The molecule has 2 amide bonds. The average molecular weight is 267 g/mol. The summed E-state index contributed by atoms with van der Waals surface area (Å²) in [6.07, 6.45) is 3.62. The Morgan fingerprint density at radius 1 is 1.47 bits per heavy atom. The standard InChI is InChI=1S/C13H21N3O3/c14-11-8-3-2-6-19-13(8)12(11)15-9(17)7-16-5-1-4-10(16)18/h8,11-13H,1-7,14H2,(H,15,17). The van der Waals surface area contributed by atoms with Gasteiger partial charge in [0.1, 0.15) is 0 Å². The van der Waals surface area contributed by atoms with Gasteiger partial charge in [0, 0.05) is 31.5 Å². The first-order valence-corrected chi connectivity index (χ1v) is 7.11. The molecule has 3 fully saturated rings. The Hall–Kier alpha value is -1.14. The van der Waals surface area contributed by atoms with E-state index in [4.69, 9.17) is 10.5 Å². The van der Waals surface area contributed by atoms with Crippen LogP contribution in [0.4, 0.5) is 0 Å². The van der Waals surface area contributed by atoms with Gasteiger partial charge in [-0.15, -0.1) is 0 Å². The highest BCUT2D eigenvalue weighted by Gasteiger charge is 2.51. The van der Waals surface area contributed by atoms with Crippen LogP contribution in [0.1, 0.15) is 25.7 Å². The molecule has 3 N–H and O–H groups in total. The lowest BCUT2D eigenvalue weighted by Gasteiger charge is -2.52. The van der Waals surface area contributed by atoms with E-state index in [1.54, 1.807) is 4.90 Å². The summed E-state index contributed by atoms with van der Waals surface area (Å²) in [5, 5.41) is 2.93. The number of nitrogens with one attached hydrogen (secondary N) is 1. The van der Waals surface area contributed by atoms with Crippen LogP contribution in [0.2, 0.25) is 0 Å². The fraction of sp³-hybridized carbons (Fsp3) is 0.846. The highest BCUT2D eigenvalue weighted by atomic mass is 16.5. The maximum absolute atomic E-state index is 12.0. The maximum Gasteiger partial charge on any atom is 0.239 e. The van der Waals surface area contributed by atoms with Crippen LogP contribution in [0, 0.1) is 5.92 Å². The third-order valence-electron chi connectivity index (χ3n) is 4.51. The van der Waals surface area contributed by atoms with Gasteiger partial charge in [0.2, 0.25) is 11.8 Å². The van der Waals surface area contributed by atoms with Gasteiger partial charge in [0.05, 0.1) is 18.7 Å². The number of hydrogen-bond acceptors (Lipinski definition) is 4. The molecule has 1 saturated carbocycles. The molecule has 3 aliphatic rings. The number of ether oxygens (including phenoxy) is 1. The van der Waals surface area contributed by atoms with Crippen molar-refractivity contribution in [2.75, 3.05) is 19.7 Å². The van der Waals surface area contributed by atoms with Crippen LogP contribution in [0.15, 0.2) is 0 Å². The van der Waals surface area contributed by atoms with Gasteiger partial charge in [-0.3, -0.25) is 9.59 Å².